The SMILES string of the molecule is O=C(O)CCCN1C(=O)/C(=C/C(=O)c2ccc3c(c2)OCO3)SC1=S. The van der Waals surface area contributed by atoms with Gasteiger partial charge in [-0.3, -0.25) is 19.3 Å². The number of carboxylic acid groups (broad SMARTS) is 1. The van der Waals surface area contributed by atoms with Crippen LogP contribution in [0.5, 0.6) is 11.5 Å². The fourth-order valence-corrected chi connectivity index (χ4v) is 3.61. The van der Waals surface area contributed by atoms with E-state index in [0.717, 1.165) is 11.8 Å². The van der Waals surface area contributed by atoms with Crippen molar-refractivity contribution in [2.45, 2.75) is 12.8 Å². The second-order valence-corrected chi connectivity index (χ2v) is 6.94. The van der Waals surface area contributed by atoms with Crippen LogP contribution in [0.4, 0.5) is 0 Å². The Hall–Kier alpha value is -2.39. The van der Waals surface area contributed by atoms with Crippen molar-refractivity contribution in [3.05, 3.63) is 34.7 Å². The number of allylic oxidation sites excluding steroid dienone is 1. The summed E-state index contributed by atoms with van der Waals surface area (Å²) in [6, 6.07) is 4.80. The first-order chi connectivity index (χ1) is 12.0. The number of ether oxygens (including phenoxy) is 2. The van der Waals surface area contributed by atoms with Crippen LogP contribution in [0, 0.1) is 0 Å². The van der Waals surface area contributed by atoms with Crippen LogP contribution in [0.2, 0.25) is 0 Å². The first-order valence-electron chi connectivity index (χ1n) is 7.37. The van der Waals surface area contributed by atoms with Gasteiger partial charge in [0.25, 0.3) is 5.91 Å². The Kier molecular flexibility index (Phi) is 5.05. The number of ketones is 1. The lowest BCUT2D eigenvalue weighted by atomic mass is 10.1. The largest absolute Gasteiger partial charge is 0.481 e. The van der Waals surface area contributed by atoms with Crippen LogP contribution < -0.4 is 9.47 Å². The molecule has 0 aromatic heterocycles. The maximum absolute atomic E-state index is 12.4. The standard InChI is InChI=1S/C16H13NO6S2/c18-10(9-3-4-11-12(6-9)23-8-22-11)7-13-15(21)17(16(24)25-13)5-1-2-14(19)20/h3-4,6-7H,1-2,5,8H2,(H,19,20)/b13-7-. The van der Waals surface area contributed by atoms with Crippen molar-refractivity contribution in [3.8, 4) is 11.5 Å². The molecule has 0 radical (unpaired) electrons. The third kappa shape index (κ3) is 3.83. The van der Waals surface area contributed by atoms with Gasteiger partial charge in [0.1, 0.15) is 4.32 Å². The van der Waals surface area contributed by atoms with Gasteiger partial charge in [0.05, 0.1) is 4.91 Å². The molecule has 7 nitrogen and oxygen atoms in total. The van der Waals surface area contributed by atoms with Crippen LogP contribution >= 0.6 is 24.0 Å². The zero-order valence-corrected chi connectivity index (χ0v) is 14.5. The number of hydrogen-bond donors (Lipinski definition) is 1. The van der Waals surface area contributed by atoms with Gasteiger partial charge >= 0.3 is 5.97 Å². The Morgan fingerprint density at radius 1 is 1.32 bits per heavy atom. The van der Waals surface area contributed by atoms with E-state index in [1.807, 2.05) is 0 Å². The smallest absolute Gasteiger partial charge is 0.303 e. The minimum Gasteiger partial charge on any atom is -0.481 e. The fraction of sp³-hybridized carbons (Fsp3) is 0.250. The molecule has 1 aromatic rings. The average Bonchev–Trinajstić information content (AvgIpc) is 3.13. The molecule has 1 amide bonds. The molecule has 1 aromatic carbocycles. The number of fused-ring (bicyclic) bond motifs is 1. The molecule has 1 fully saturated rings. The summed E-state index contributed by atoms with van der Waals surface area (Å²) in [5.41, 5.74) is 0.375. The summed E-state index contributed by atoms with van der Waals surface area (Å²) in [6.07, 6.45) is 1.49. The van der Waals surface area contributed by atoms with E-state index in [1.54, 1.807) is 18.2 Å². The van der Waals surface area contributed by atoms with Crippen molar-refractivity contribution in [1.29, 1.82) is 0 Å². The van der Waals surface area contributed by atoms with E-state index in [2.05, 4.69) is 0 Å². The van der Waals surface area contributed by atoms with Crippen LogP contribution in [-0.2, 0) is 9.59 Å². The van der Waals surface area contributed by atoms with Crippen molar-refractivity contribution in [3.63, 3.8) is 0 Å². The molecule has 2 heterocycles. The predicted octanol–water partition coefficient (Wildman–Crippen LogP) is 2.21. The van der Waals surface area contributed by atoms with Gasteiger partial charge in [0.2, 0.25) is 6.79 Å². The first-order valence-corrected chi connectivity index (χ1v) is 8.59. The summed E-state index contributed by atoms with van der Waals surface area (Å²) in [7, 11) is 0. The van der Waals surface area contributed by atoms with E-state index in [-0.39, 0.29) is 36.4 Å². The van der Waals surface area contributed by atoms with E-state index in [1.165, 1.54) is 11.0 Å². The van der Waals surface area contributed by atoms with Gasteiger partial charge in [-0.05, 0) is 24.6 Å². The number of thiocarbonyl (C=S) groups is 1. The third-order valence-corrected chi connectivity index (χ3v) is 4.94. The van der Waals surface area contributed by atoms with E-state index >= 15 is 0 Å². The molecule has 2 aliphatic rings. The third-order valence-electron chi connectivity index (χ3n) is 3.57. The molecule has 0 aliphatic carbocycles. The number of benzene rings is 1. The van der Waals surface area contributed by atoms with Crippen LogP contribution in [0.3, 0.4) is 0 Å². The van der Waals surface area contributed by atoms with Crippen LogP contribution in [-0.4, -0.2) is 45.3 Å². The normalized spacial score (nSPS) is 17.4. The predicted molar refractivity (Wildman–Crippen MR) is 93.8 cm³/mol. The lowest BCUT2D eigenvalue weighted by Gasteiger charge is -2.13. The van der Waals surface area contributed by atoms with Gasteiger partial charge < -0.3 is 14.6 Å². The summed E-state index contributed by atoms with van der Waals surface area (Å²) in [5.74, 6) is -0.598. The lowest BCUT2D eigenvalue weighted by molar-refractivity contribution is -0.137. The molecule has 130 valence electrons. The van der Waals surface area contributed by atoms with Gasteiger partial charge in [-0.1, -0.05) is 24.0 Å². The molecular formula is C16H13NO6S2. The summed E-state index contributed by atoms with van der Waals surface area (Å²) in [6.45, 7) is 0.328. The summed E-state index contributed by atoms with van der Waals surface area (Å²) in [5, 5.41) is 8.67. The van der Waals surface area contributed by atoms with Crippen molar-refractivity contribution >= 4 is 46.0 Å². The van der Waals surface area contributed by atoms with Crippen molar-refractivity contribution < 1.29 is 29.0 Å². The Morgan fingerprint density at radius 2 is 2.08 bits per heavy atom. The van der Waals surface area contributed by atoms with Gasteiger partial charge in [-0.25, -0.2) is 0 Å². The molecule has 3 rings (SSSR count). The number of rotatable bonds is 6. The van der Waals surface area contributed by atoms with E-state index in [9.17, 15) is 14.4 Å². The highest BCUT2D eigenvalue weighted by Gasteiger charge is 2.32. The summed E-state index contributed by atoms with van der Waals surface area (Å²) in [4.78, 5) is 36.8. The highest BCUT2D eigenvalue weighted by Crippen LogP contribution is 2.34. The van der Waals surface area contributed by atoms with Crippen molar-refractivity contribution in [2.75, 3.05) is 13.3 Å². The Morgan fingerprint density at radius 3 is 2.84 bits per heavy atom. The maximum Gasteiger partial charge on any atom is 0.303 e. The quantitative estimate of drug-likeness (QED) is 0.457. The zero-order valence-electron chi connectivity index (χ0n) is 12.9. The lowest BCUT2D eigenvalue weighted by Crippen LogP contribution is -2.29. The number of carbonyl (C=O) groups excluding carboxylic acids is 2. The molecule has 1 N–H and O–H groups in total. The number of hydrogen-bond acceptors (Lipinski definition) is 7. The number of thioether (sulfide) groups is 1. The second-order valence-electron chi connectivity index (χ2n) is 5.26. The fourth-order valence-electron chi connectivity index (χ4n) is 2.33. The molecule has 0 unspecified atom stereocenters. The summed E-state index contributed by atoms with van der Waals surface area (Å²) >= 11 is 6.17. The minimum absolute atomic E-state index is 0.0494. The molecule has 9 heteroatoms. The molecule has 25 heavy (non-hydrogen) atoms. The van der Waals surface area contributed by atoms with E-state index in [0.29, 0.717) is 27.8 Å². The van der Waals surface area contributed by atoms with E-state index in [4.69, 9.17) is 26.8 Å². The Labute approximate surface area is 152 Å². The molecular weight excluding hydrogens is 366 g/mol. The van der Waals surface area contributed by atoms with Gasteiger partial charge in [-0.2, -0.15) is 0 Å². The zero-order chi connectivity index (χ0) is 18.0. The molecule has 0 atom stereocenters. The maximum atomic E-state index is 12.4. The molecule has 0 spiro atoms. The van der Waals surface area contributed by atoms with Gasteiger partial charge in [0, 0.05) is 24.6 Å². The number of carboxylic acids is 1. The monoisotopic (exact) mass is 379 g/mol. The first kappa shape index (κ1) is 17.4. The van der Waals surface area contributed by atoms with Crippen LogP contribution in [0.15, 0.2) is 29.2 Å². The molecule has 1 saturated heterocycles. The minimum atomic E-state index is -0.932. The number of carbonyl (C=O) groups is 3. The van der Waals surface area contributed by atoms with E-state index < -0.39 is 5.97 Å². The number of nitrogens with zero attached hydrogens (tertiary/aromatic N) is 1. The second kappa shape index (κ2) is 7.24. The van der Waals surface area contributed by atoms with Gasteiger partial charge in [-0.15, -0.1) is 0 Å². The van der Waals surface area contributed by atoms with Crippen LogP contribution in [0.25, 0.3) is 0 Å². The molecule has 2 aliphatic heterocycles. The number of aliphatic carboxylic acids is 1. The number of amides is 1. The highest BCUT2D eigenvalue weighted by atomic mass is 32.2. The summed E-state index contributed by atoms with van der Waals surface area (Å²) < 4.78 is 10.7. The average molecular weight is 379 g/mol. The molecule has 0 bridgehead atoms. The highest BCUT2D eigenvalue weighted by molar-refractivity contribution is 8.26. The van der Waals surface area contributed by atoms with Crippen molar-refractivity contribution in [1.82, 2.24) is 4.90 Å². The topological polar surface area (TPSA) is 93.1 Å². The Bertz CT molecular complexity index is 804. The van der Waals surface area contributed by atoms with Crippen LogP contribution in [0.1, 0.15) is 23.2 Å². The van der Waals surface area contributed by atoms with Crippen molar-refractivity contribution in [2.24, 2.45) is 0 Å². The Balaban J connectivity index is 1.70. The molecule has 0 saturated carbocycles. The van der Waals surface area contributed by atoms with Gasteiger partial charge in [0.15, 0.2) is 17.3 Å².